The van der Waals surface area contributed by atoms with E-state index >= 15 is 0 Å². The van der Waals surface area contributed by atoms with E-state index in [2.05, 4.69) is 33.2 Å². The first-order chi connectivity index (χ1) is 18.5. The number of piperidine rings is 1. The minimum absolute atomic E-state index is 0.119. The van der Waals surface area contributed by atoms with Crippen molar-refractivity contribution >= 4 is 49.8 Å². The number of methoxy groups -OCH3 is 1. The predicted molar refractivity (Wildman–Crippen MR) is 152 cm³/mol. The summed E-state index contributed by atoms with van der Waals surface area (Å²) in [4.78, 5) is 23.6. The van der Waals surface area contributed by atoms with Crippen LogP contribution in [-0.4, -0.2) is 58.8 Å². The third-order valence-electron chi connectivity index (χ3n) is 7.16. The second-order valence-corrected chi connectivity index (χ2v) is 10.9. The van der Waals surface area contributed by atoms with Crippen molar-refractivity contribution in [3.63, 3.8) is 0 Å². The molecule has 2 aromatic carbocycles. The molecule has 1 unspecified atom stereocenters. The van der Waals surface area contributed by atoms with Crippen molar-refractivity contribution in [2.75, 3.05) is 32.1 Å². The van der Waals surface area contributed by atoms with Gasteiger partial charge in [0.15, 0.2) is 11.5 Å². The quantitative estimate of drug-likeness (QED) is 0.218. The molecule has 2 aromatic heterocycles. The fourth-order valence-electron chi connectivity index (χ4n) is 5.08. The largest absolute Gasteiger partial charge is 0.493 e. The molecule has 5 rings (SSSR count). The fourth-order valence-corrected chi connectivity index (χ4v) is 6.17. The molecule has 0 spiro atoms. The molecular weight excluding hydrogens is 500 g/mol. The molecule has 9 heteroatoms. The van der Waals surface area contributed by atoms with Gasteiger partial charge in [-0.15, -0.1) is 11.3 Å². The first-order valence-electron chi connectivity index (χ1n) is 13.2. The summed E-state index contributed by atoms with van der Waals surface area (Å²) in [5.74, 6) is 1.21. The van der Waals surface area contributed by atoms with Gasteiger partial charge in [0.1, 0.15) is 12.1 Å². The van der Waals surface area contributed by atoms with E-state index in [1.807, 2.05) is 30.3 Å². The molecule has 0 bridgehead atoms. The van der Waals surface area contributed by atoms with Gasteiger partial charge in [-0.05, 0) is 63.4 Å². The van der Waals surface area contributed by atoms with Crippen LogP contribution in [0.2, 0.25) is 0 Å². The number of thiophene rings is 1. The Balaban J connectivity index is 1.33. The summed E-state index contributed by atoms with van der Waals surface area (Å²) in [7, 11) is 1.64. The Labute approximate surface area is 226 Å². The van der Waals surface area contributed by atoms with Gasteiger partial charge in [-0.2, -0.15) is 0 Å². The lowest BCUT2D eigenvalue weighted by Gasteiger charge is -2.33. The molecule has 0 saturated carbocycles. The van der Waals surface area contributed by atoms with Crippen LogP contribution in [0.1, 0.15) is 43.9 Å². The first-order valence-corrected chi connectivity index (χ1v) is 14.0. The highest BCUT2D eigenvalue weighted by molar-refractivity contribution is 7.19. The first kappa shape index (κ1) is 26.2. The number of rotatable bonds is 11. The van der Waals surface area contributed by atoms with Gasteiger partial charge in [0.25, 0.3) is 0 Å². The summed E-state index contributed by atoms with van der Waals surface area (Å²) in [6.45, 7) is 5.15. The summed E-state index contributed by atoms with van der Waals surface area (Å²) < 4.78 is 12.9. The molecule has 3 heterocycles. The van der Waals surface area contributed by atoms with Crippen LogP contribution in [0.4, 0.5) is 11.5 Å². The van der Waals surface area contributed by atoms with Crippen LogP contribution in [0.3, 0.4) is 0 Å². The molecule has 2 N–H and O–H groups in total. The molecule has 1 aliphatic heterocycles. The summed E-state index contributed by atoms with van der Waals surface area (Å²) >= 11 is 1.62. The molecule has 4 aromatic rings. The van der Waals surface area contributed by atoms with E-state index in [1.54, 1.807) is 24.8 Å². The predicted octanol–water partition coefficient (Wildman–Crippen LogP) is 6.26. The minimum Gasteiger partial charge on any atom is -0.493 e. The number of hydrogen-bond donors (Lipinski definition) is 2. The molecule has 0 aliphatic carbocycles. The molecule has 38 heavy (non-hydrogen) atoms. The second-order valence-electron chi connectivity index (χ2n) is 9.77. The Morgan fingerprint density at radius 1 is 1.18 bits per heavy atom. The zero-order chi connectivity index (χ0) is 26.5. The van der Waals surface area contributed by atoms with E-state index in [0.717, 1.165) is 44.5 Å². The topological polar surface area (TPSA) is 96.8 Å². The van der Waals surface area contributed by atoms with Crippen molar-refractivity contribution in [2.24, 2.45) is 0 Å². The van der Waals surface area contributed by atoms with E-state index in [4.69, 9.17) is 14.6 Å². The number of carboxylic acid groups (broad SMARTS) is 1. The average Bonchev–Trinajstić information content (AvgIpc) is 3.35. The number of aliphatic carboxylic acids is 1. The van der Waals surface area contributed by atoms with Gasteiger partial charge in [-0.1, -0.05) is 12.5 Å². The number of aryl methyl sites for hydroxylation is 1. The third kappa shape index (κ3) is 6.00. The Bertz CT molecular complexity index is 1420. The van der Waals surface area contributed by atoms with Crippen LogP contribution in [0.25, 0.3) is 21.0 Å². The normalized spacial score (nSPS) is 16.1. The Kier molecular flexibility index (Phi) is 8.24. The molecule has 0 amide bonds. The minimum atomic E-state index is -0.790. The van der Waals surface area contributed by atoms with Crippen LogP contribution < -0.4 is 14.8 Å². The van der Waals surface area contributed by atoms with Crippen molar-refractivity contribution < 1.29 is 19.4 Å². The van der Waals surface area contributed by atoms with Crippen LogP contribution >= 0.6 is 11.3 Å². The average molecular weight is 535 g/mol. The molecule has 200 valence electrons. The summed E-state index contributed by atoms with van der Waals surface area (Å²) in [5.41, 5.74) is 1.68. The Hall–Kier alpha value is -3.43. The monoisotopic (exact) mass is 534 g/mol. The van der Waals surface area contributed by atoms with E-state index < -0.39 is 5.97 Å². The maximum Gasteiger partial charge on any atom is 0.303 e. The van der Waals surface area contributed by atoms with Crippen molar-refractivity contribution in [1.29, 1.82) is 0 Å². The maximum atomic E-state index is 11.0. The standard InChI is InChI=1S/C29H34N4O4S/c1-19-7-3-4-12-33(19)13-6-14-37-26-17-24-22(16-25(26)36-2)29(31-18-30-24)32-23-8-5-9-27-21(23)15-20(38-27)10-11-28(34)35/h5,8-9,15-19H,3-4,6-7,10-14H2,1-2H3,(H,34,35)(H,30,31,32). The summed E-state index contributed by atoms with van der Waals surface area (Å²) in [6, 6.07) is 12.6. The molecule has 1 saturated heterocycles. The zero-order valence-electron chi connectivity index (χ0n) is 21.9. The van der Waals surface area contributed by atoms with E-state index in [9.17, 15) is 4.79 Å². The summed E-state index contributed by atoms with van der Waals surface area (Å²) in [6.07, 6.45) is 7.04. The lowest BCUT2D eigenvalue weighted by atomic mass is 10.0. The Morgan fingerprint density at radius 2 is 2.08 bits per heavy atom. The number of carboxylic acids is 1. The van der Waals surface area contributed by atoms with Crippen LogP contribution in [0.15, 0.2) is 42.7 Å². The number of aromatic nitrogens is 2. The number of likely N-dealkylation sites (tertiary alicyclic amines) is 1. The number of nitrogens with one attached hydrogen (secondary N) is 1. The highest BCUT2D eigenvalue weighted by Gasteiger charge is 2.18. The van der Waals surface area contributed by atoms with Gasteiger partial charge in [0.05, 0.1) is 25.7 Å². The van der Waals surface area contributed by atoms with Gasteiger partial charge in [-0.25, -0.2) is 9.97 Å². The fraction of sp³-hybridized carbons (Fsp3) is 0.414. The van der Waals surface area contributed by atoms with Crippen molar-refractivity contribution in [3.8, 4) is 11.5 Å². The zero-order valence-corrected chi connectivity index (χ0v) is 22.7. The molecule has 0 radical (unpaired) electrons. The van der Waals surface area contributed by atoms with Gasteiger partial charge >= 0.3 is 5.97 Å². The van der Waals surface area contributed by atoms with E-state index in [1.165, 1.54) is 25.8 Å². The highest BCUT2D eigenvalue weighted by Crippen LogP contribution is 2.37. The van der Waals surface area contributed by atoms with Crippen LogP contribution in [-0.2, 0) is 11.2 Å². The van der Waals surface area contributed by atoms with Crippen LogP contribution in [0, 0.1) is 0 Å². The van der Waals surface area contributed by atoms with Gasteiger partial charge in [-0.3, -0.25) is 4.79 Å². The molecule has 1 aliphatic rings. The lowest BCUT2D eigenvalue weighted by molar-refractivity contribution is -0.136. The number of carbonyl (C=O) groups is 1. The number of anilines is 2. The number of benzene rings is 2. The second kappa shape index (κ2) is 12.0. The third-order valence-corrected chi connectivity index (χ3v) is 8.32. The Morgan fingerprint density at radius 3 is 2.89 bits per heavy atom. The SMILES string of the molecule is COc1cc2c(Nc3cccc4sc(CCC(=O)O)cc34)ncnc2cc1OCCCN1CCCCC1C. The van der Waals surface area contributed by atoms with Crippen molar-refractivity contribution in [2.45, 2.75) is 51.5 Å². The molecule has 1 fully saturated rings. The summed E-state index contributed by atoms with van der Waals surface area (Å²) in [5, 5.41) is 14.4. The van der Waals surface area contributed by atoms with Gasteiger partial charge in [0.2, 0.25) is 0 Å². The number of nitrogens with zero attached hydrogens (tertiary/aromatic N) is 3. The molecular formula is C29H34N4O4S. The number of fused-ring (bicyclic) bond motifs is 2. The highest BCUT2D eigenvalue weighted by atomic mass is 32.1. The lowest BCUT2D eigenvalue weighted by Crippen LogP contribution is -2.38. The maximum absolute atomic E-state index is 11.0. The van der Waals surface area contributed by atoms with E-state index in [0.29, 0.717) is 36.4 Å². The van der Waals surface area contributed by atoms with E-state index in [-0.39, 0.29) is 6.42 Å². The van der Waals surface area contributed by atoms with Gasteiger partial charge < -0.3 is 24.8 Å². The van der Waals surface area contributed by atoms with Crippen molar-refractivity contribution in [1.82, 2.24) is 14.9 Å². The smallest absolute Gasteiger partial charge is 0.303 e. The van der Waals surface area contributed by atoms with Gasteiger partial charge in [0, 0.05) is 44.7 Å². The van der Waals surface area contributed by atoms with Crippen molar-refractivity contribution in [3.05, 3.63) is 47.6 Å². The van der Waals surface area contributed by atoms with Crippen LogP contribution in [0.5, 0.6) is 11.5 Å². The molecule has 1 atom stereocenters. The number of hydrogen-bond acceptors (Lipinski definition) is 8. The molecule has 8 nitrogen and oxygen atoms in total. The number of ether oxygens (including phenoxy) is 2.